The first-order valence-corrected chi connectivity index (χ1v) is 9.26. The maximum absolute atomic E-state index is 11.6. The predicted octanol–water partition coefficient (Wildman–Crippen LogP) is 4.10. The zero-order valence-electron chi connectivity index (χ0n) is 14.9. The van der Waals surface area contributed by atoms with Gasteiger partial charge in [-0.3, -0.25) is 0 Å². The molecule has 0 spiro atoms. The molecular weight excluding hydrogens is 288 g/mol. The first kappa shape index (κ1) is 17.0. The Hall–Kier alpha value is -0.830. The summed E-state index contributed by atoms with van der Waals surface area (Å²) in [5.74, 6) is 1.19. The van der Waals surface area contributed by atoms with Crippen molar-refractivity contribution in [3.63, 3.8) is 0 Å². The third-order valence-electron chi connectivity index (χ3n) is 8.10. The van der Waals surface area contributed by atoms with Crippen molar-refractivity contribution in [3.8, 4) is 0 Å². The summed E-state index contributed by atoms with van der Waals surface area (Å²) in [7, 11) is 0. The summed E-state index contributed by atoms with van der Waals surface area (Å²) in [5, 5.41) is 11.6. The van der Waals surface area contributed by atoms with Gasteiger partial charge in [-0.2, -0.15) is 0 Å². The molecule has 1 N–H and O–H groups in total. The van der Waals surface area contributed by atoms with Gasteiger partial charge in [0.2, 0.25) is 0 Å². The molecule has 2 bridgehead atoms. The van der Waals surface area contributed by atoms with Crippen molar-refractivity contribution in [1.29, 1.82) is 0 Å². The first-order chi connectivity index (χ1) is 10.7. The number of hydrogen-bond acceptors (Lipinski definition) is 3. The van der Waals surface area contributed by atoms with Crippen molar-refractivity contribution in [2.45, 2.75) is 71.3 Å². The molecule has 3 atom stereocenters. The Labute approximate surface area is 140 Å². The Bertz CT molecular complexity index is 489. The van der Waals surface area contributed by atoms with Crippen LogP contribution in [0.4, 0.5) is 0 Å². The lowest BCUT2D eigenvalue weighted by Crippen LogP contribution is -2.53. The Morgan fingerprint density at radius 2 is 1.83 bits per heavy atom. The van der Waals surface area contributed by atoms with E-state index >= 15 is 0 Å². The maximum atomic E-state index is 11.6. The van der Waals surface area contributed by atoms with Crippen molar-refractivity contribution in [2.75, 3.05) is 6.61 Å². The molecule has 130 valence electrons. The van der Waals surface area contributed by atoms with Crippen molar-refractivity contribution in [3.05, 3.63) is 12.7 Å². The molecule has 0 saturated heterocycles. The highest BCUT2D eigenvalue weighted by Gasteiger charge is 2.70. The average Bonchev–Trinajstić information content (AvgIpc) is 2.85. The fraction of sp³-hybridized carbons (Fsp3) is 0.850. The van der Waals surface area contributed by atoms with E-state index in [4.69, 9.17) is 4.74 Å². The van der Waals surface area contributed by atoms with Gasteiger partial charge in [-0.1, -0.05) is 27.4 Å². The van der Waals surface area contributed by atoms with E-state index in [1.807, 2.05) is 0 Å². The van der Waals surface area contributed by atoms with Crippen LogP contribution >= 0.6 is 0 Å². The molecule has 0 aromatic carbocycles. The largest absolute Gasteiger partial charge is 0.462 e. The molecule has 23 heavy (non-hydrogen) atoms. The number of hydrogen-bond donors (Lipinski definition) is 1. The Morgan fingerprint density at radius 3 is 2.30 bits per heavy atom. The normalized spacial score (nSPS) is 45.0. The quantitative estimate of drug-likeness (QED) is 0.626. The lowest BCUT2D eigenvalue weighted by Gasteiger charge is -2.51. The number of esters is 1. The standard InChI is InChI=1S/C20H32O3/c1-5-17(21)23-13-14-6-8-15(9-7-14)20(22)12-16-10-11-19(20,4)18(16,2)3/h5,14-16,22H,1,6-13H2,2-4H3/t14?,15?,16-,19-,20-/m1/s1. The summed E-state index contributed by atoms with van der Waals surface area (Å²) >= 11 is 0. The lowest BCUT2D eigenvalue weighted by atomic mass is 9.58. The molecule has 3 saturated carbocycles. The Kier molecular flexibility index (Phi) is 4.15. The van der Waals surface area contributed by atoms with E-state index in [0.29, 0.717) is 24.4 Å². The third-order valence-corrected chi connectivity index (χ3v) is 8.10. The van der Waals surface area contributed by atoms with E-state index < -0.39 is 5.60 Å². The summed E-state index contributed by atoms with van der Waals surface area (Å²) in [6, 6.07) is 0. The topological polar surface area (TPSA) is 46.5 Å². The summed E-state index contributed by atoms with van der Waals surface area (Å²) < 4.78 is 5.20. The Morgan fingerprint density at radius 1 is 1.17 bits per heavy atom. The minimum absolute atomic E-state index is 0.0531. The second kappa shape index (κ2) is 5.61. The predicted molar refractivity (Wildman–Crippen MR) is 90.8 cm³/mol. The van der Waals surface area contributed by atoms with Gasteiger partial charge in [0.05, 0.1) is 12.2 Å². The van der Waals surface area contributed by atoms with E-state index in [2.05, 4.69) is 27.4 Å². The number of ether oxygens (including phenoxy) is 1. The van der Waals surface area contributed by atoms with Gasteiger partial charge in [-0.15, -0.1) is 0 Å². The molecule has 0 heterocycles. The molecule has 0 unspecified atom stereocenters. The summed E-state index contributed by atoms with van der Waals surface area (Å²) in [5.41, 5.74) is -0.197. The molecule has 0 amide bonds. The zero-order chi connectivity index (χ0) is 16.9. The van der Waals surface area contributed by atoms with Gasteiger partial charge < -0.3 is 9.84 Å². The third kappa shape index (κ3) is 2.38. The molecule has 0 aromatic rings. The van der Waals surface area contributed by atoms with Crippen LogP contribution in [-0.4, -0.2) is 23.3 Å². The van der Waals surface area contributed by atoms with Gasteiger partial charge >= 0.3 is 5.97 Å². The highest BCUT2D eigenvalue weighted by molar-refractivity contribution is 5.81. The number of rotatable bonds is 4. The van der Waals surface area contributed by atoms with Crippen molar-refractivity contribution in [1.82, 2.24) is 0 Å². The van der Waals surface area contributed by atoms with Crippen LogP contribution in [0.1, 0.15) is 65.7 Å². The highest BCUT2D eigenvalue weighted by atomic mass is 16.5. The van der Waals surface area contributed by atoms with E-state index in [0.717, 1.165) is 38.5 Å². The fourth-order valence-corrected chi connectivity index (χ4v) is 6.01. The summed E-state index contributed by atoms with van der Waals surface area (Å²) in [6.45, 7) is 11.0. The summed E-state index contributed by atoms with van der Waals surface area (Å²) in [4.78, 5) is 11.2. The van der Waals surface area contributed by atoms with Crippen LogP contribution in [0.15, 0.2) is 12.7 Å². The van der Waals surface area contributed by atoms with Crippen LogP contribution in [0.5, 0.6) is 0 Å². The first-order valence-electron chi connectivity index (χ1n) is 9.26. The molecular formula is C20H32O3. The van der Waals surface area contributed by atoms with Crippen LogP contribution in [0.2, 0.25) is 0 Å². The van der Waals surface area contributed by atoms with E-state index in [9.17, 15) is 9.90 Å². The molecule has 3 aliphatic carbocycles. The number of carbonyl (C=O) groups is 1. The second-order valence-corrected chi connectivity index (χ2v) is 8.97. The molecule has 3 heteroatoms. The van der Waals surface area contributed by atoms with Gasteiger partial charge in [0.25, 0.3) is 0 Å². The van der Waals surface area contributed by atoms with Crippen LogP contribution in [-0.2, 0) is 9.53 Å². The second-order valence-electron chi connectivity index (χ2n) is 8.97. The van der Waals surface area contributed by atoms with E-state index in [1.165, 1.54) is 12.5 Å². The van der Waals surface area contributed by atoms with Crippen LogP contribution in [0.3, 0.4) is 0 Å². The number of carbonyl (C=O) groups excluding carboxylic acids is 1. The molecule has 3 nitrogen and oxygen atoms in total. The van der Waals surface area contributed by atoms with Gasteiger partial charge in [0.15, 0.2) is 0 Å². The van der Waals surface area contributed by atoms with E-state index in [1.54, 1.807) is 0 Å². The zero-order valence-corrected chi connectivity index (χ0v) is 14.9. The maximum Gasteiger partial charge on any atom is 0.330 e. The molecule has 0 radical (unpaired) electrons. The molecule has 0 aliphatic heterocycles. The lowest BCUT2D eigenvalue weighted by molar-refractivity contribution is -0.146. The SMILES string of the molecule is C=CC(=O)OCC1CCC([C@]2(O)C[C@H]3CC[C@]2(C)C3(C)C)CC1. The van der Waals surface area contributed by atoms with Crippen molar-refractivity contribution in [2.24, 2.45) is 28.6 Å². The minimum atomic E-state index is -0.498. The number of fused-ring (bicyclic) bond motifs is 2. The molecule has 3 fully saturated rings. The van der Waals surface area contributed by atoms with Crippen LogP contribution < -0.4 is 0 Å². The van der Waals surface area contributed by atoms with Gasteiger partial charge in [-0.05, 0) is 68.1 Å². The van der Waals surface area contributed by atoms with Gasteiger partial charge in [0, 0.05) is 11.5 Å². The minimum Gasteiger partial charge on any atom is -0.462 e. The molecule has 0 aromatic heterocycles. The Balaban J connectivity index is 1.62. The van der Waals surface area contributed by atoms with Crippen molar-refractivity contribution < 1.29 is 14.6 Å². The van der Waals surface area contributed by atoms with Crippen LogP contribution in [0, 0.1) is 28.6 Å². The summed E-state index contributed by atoms with van der Waals surface area (Å²) in [6.07, 6.45) is 8.88. The smallest absolute Gasteiger partial charge is 0.330 e. The number of aliphatic hydroxyl groups is 1. The monoisotopic (exact) mass is 320 g/mol. The average molecular weight is 320 g/mol. The van der Waals surface area contributed by atoms with Gasteiger partial charge in [-0.25, -0.2) is 4.79 Å². The van der Waals surface area contributed by atoms with Crippen molar-refractivity contribution >= 4 is 5.97 Å². The molecule has 3 rings (SSSR count). The van der Waals surface area contributed by atoms with Crippen LogP contribution in [0.25, 0.3) is 0 Å². The van der Waals surface area contributed by atoms with E-state index in [-0.39, 0.29) is 16.8 Å². The molecule has 3 aliphatic rings. The highest BCUT2D eigenvalue weighted by Crippen LogP contribution is 2.72. The van der Waals surface area contributed by atoms with Gasteiger partial charge in [0.1, 0.15) is 0 Å². The fourth-order valence-electron chi connectivity index (χ4n) is 6.01.